The van der Waals surface area contributed by atoms with Crippen LogP contribution in [0.4, 0.5) is 5.69 Å². The van der Waals surface area contributed by atoms with E-state index in [-0.39, 0.29) is 5.91 Å². The molecule has 3 rings (SSSR count). The van der Waals surface area contributed by atoms with Crippen LogP contribution in [0.3, 0.4) is 0 Å². The Morgan fingerprint density at radius 1 is 1.47 bits per heavy atom. The van der Waals surface area contributed by atoms with Crippen molar-refractivity contribution in [1.29, 1.82) is 0 Å². The summed E-state index contributed by atoms with van der Waals surface area (Å²) in [7, 11) is 0. The summed E-state index contributed by atoms with van der Waals surface area (Å²) in [4.78, 5) is 15.2. The Kier molecular flexibility index (Phi) is 2.55. The Balaban J connectivity index is 1.71. The fourth-order valence-corrected chi connectivity index (χ4v) is 2.51. The maximum atomic E-state index is 12.1. The molecule has 1 saturated carbocycles. The second-order valence-electron chi connectivity index (χ2n) is 6.13. The average molecular weight is 257 g/mol. The highest BCUT2D eigenvalue weighted by Crippen LogP contribution is 2.50. The number of nitrogens with one attached hydrogen (secondary N) is 2. The molecular weight excluding hydrogens is 238 g/mol. The zero-order valence-electron chi connectivity index (χ0n) is 11.3. The van der Waals surface area contributed by atoms with Crippen molar-refractivity contribution in [2.24, 2.45) is 11.3 Å². The van der Waals surface area contributed by atoms with Crippen LogP contribution >= 0.6 is 0 Å². The largest absolute Gasteiger partial charge is 0.399 e. The lowest BCUT2D eigenvalue weighted by atomic mass is 10.1. The van der Waals surface area contributed by atoms with Gasteiger partial charge in [-0.3, -0.25) is 4.79 Å². The standard InChI is InChI=1S/C15H19N3O/c1-15(2)7-10(15)8-17-14(19)13-6-9-5-11(16)3-4-12(9)18-13/h3-6,10,18H,7-8,16H2,1-2H3,(H,17,19). The number of fused-ring (bicyclic) bond motifs is 1. The van der Waals surface area contributed by atoms with Gasteiger partial charge < -0.3 is 16.0 Å². The van der Waals surface area contributed by atoms with Crippen molar-refractivity contribution in [1.82, 2.24) is 10.3 Å². The van der Waals surface area contributed by atoms with Crippen LogP contribution in [-0.4, -0.2) is 17.4 Å². The molecule has 100 valence electrons. The number of H-pyrrole nitrogens is 1. The van der Waals surface area contributed by atoms with Gasteiger partial charge in [-0.25, -0.2) is 0 Å². The molecule has 0 bridgehead atoms. The van der Waals surface area contributed by atoms with Crippen LogP contribution in [0, 0.1) is 11.3 Å². The molecule has 1 aromatic heterocycles. The van der Waals surface area contributed by atoms with Crippen LogP contribution in [0.5, 0.6) is 0 Å². The molecule has 0 saturated heterocycles. The van der Waals surface area contributed by atoms with Gasteiger partial charge in [-0.05, 0) is 42.0 Å². The van der Waals surface area contributed by atoms with Crippen molar-refractivity contribution in [3.8, 4) is 0 Å². The third-order valence-corrected chi connectivity index (χ3v) is 4.12. The normalized spacial score (nSPS) is 20.4. The summed E-state index contributed by atoms with van der Waals surface area (Å²) >= 11 is 0. The van der Waals surface area contributed by atoms with Gasteiger partial charge in [0.2, 0.25) is 0 Å². The highest BCUT2D eigenvalue weighted by molar-refractivity contribution is 5.98. The minimum absolute atomic E-state index is 0.0440. The first-order valence-electron chi connectivity index (χ1n) is 6.62. The van der Waals surface area contributed by atoms with E-state index in [1.54, 1.807) is 0 Å². The van der Waals surface area contributed by atoms with Crippen LogP contribution < -0.4 is 11.1 Å². The molecule has 1 atom stereocenters. The van der Waals surface area contributed by atoms with E-state index in [0.717, 1.165) is 17.4 Å². The lowest BCUT2D eigenvalue weighted by Crippen LogP contribution is -2.26. The van der Waals surface area contributed by atoms with Gasteiger partial charge >= 0.3 is 0 Å². The van der Waals surface area contributed by atoms with E-state index >= 15 is 0 Å². The number of amides is 1. The summed E-state index contributed by atoms with van der Waals surface area (Å²) in [6, 6.07) is 7.43. The predicted octanol–water partition coefficient (Wildman–Crippen LogP) is 2.53. The van der Waals surface area contributed by atoms with E-state index in [1.165, 1.54) is 6.42 Å². The lowest BCUT2D eigenvalue weighted by molar-refractivity contribution is 0.0946. The molecule has 4 N–H and O–H groups in total. The third kappa shape index (κ3) is 2.30. The smallest absolute Gasteiger partial charge is 0.267 e. The highest BCUT2D eigenvalue weighted by Gasteiger charge is 2.45. The molecule has 19 heavy (non-hydrogen) atoms. The molecule has 0 radical (unpaired) electrons. The number of carbonyl (C=O) groups excluding carboxylic acids is 1. The summed E-state index contributed by atoms with van der Waals surface area (Å²) in [5.41, 5.74) is 8.36. The van der Waals surface area contributed by atoms with E-state index in [9.17, 15) is 4.79 Å². The number of carbonyl (C=O) groups is 1. The maximum Gasteiger partial charge on any atom is 0.267 e. The predicted molar refractivity (Wildman–Crippen MR) is 76.9 cm³/mol. The number of nitrogens with two attached hydrogens (primary N) is 1. The number of hydrogen-bond acceptors (Lipinski definition) is 2. The molecule has 1 aromatic carbocycles. The minimum Gasteiger partial charge on any atom is -0.399 e. The Hall–Kier alpha value is -1.97. The quantitative estimate of drug-likeness (QED) is 0.739. The van der Waals surface area contributed by atoms with E-state index in [0.29, 0.717) is 22.7 Å². The number of aromatic amines is 1. The zero-order valence-corrected chi connectivity index (χ0v) is 11.3. The first kappa shape index (κ1) is 12.1. The number of rotatable bonds is 3. The maximum absolute atomic E-state index is 12.1. The lowest BCUT2D eigenvalue weighted by Gasteiger charge is -2.05. The molecule has 2 aromatic rings. The second kappa shape index (κ2) is 4.02. The Morgan fingerprint density at radius 3 is 2.89 bits per heavy atom. The monoisotopic (exact) mass is 257 g/mol. The Bertz CT molecular complexity index is 642. The molecular formula is C15H19N3O. The van der Waals surface area contributed by atoms with Crippen molar-refractivity contribution in [2.75, 3.05) is 12.3 Å². The van der Waals surface area contributed by atoms with Gasteiger partial charge in [0, 0.05) is 23.1 Å². The van der Waals surface area contributed by atoms with E-state index in [2.05, 4.69) is 24.1 Å². The van der Waals surface area contributed by atoms with E-state index in [1.807, 2.05) is 24.3 Å². The van der Waals surface area contributed by atoms with Gasteiger partial charge in [0.05, 0.1) is 0 Å². The Labute approximate surface area is 112 Å². The molecule has 4 heteroatoms. The first-order chi connectivity index (χ1) is 8.95. The number of benzene rings is 1. The summed E-state index contributed by atoms with van der Waals surface area (Å²) in [6.07, 6.45) is 1.19. The summed E-state index contributed by atoms with van der Waals surface area (Å²) in [5, 5.41) is 3.96. The molecule has 0 aliphatic heterocycles. The van der Waals surface area contributed by atoms with Gasteiger partial charge in [-0.15, -0.1) is 0 Å². The average Bonchev–Trinajstić information content (AvgIpc) is 2.78. The summed E-state index contributed by atoms with van der Waals surface area (Å²) in [5.74, 6) is 0.564. The van der Waals surface area contributed by atoms with Crippen LogP contribution in [0.25, 0.3) is 10.9 Å². The highest BCUT2D eigenvalue weighted by atomic mass is 16.1. The first-order valence-corrected chi connectivity index (χ1v) is 6.62. The number of aromatic nitrogens is 1. The molecule has 1 aliphatic rings. The molecule has 1 fully saturated rings. The Morgan fingerprint density at radius 2 is 2.21 bits per heavy atom. The zero-order chi connectivity index (χ0) is 13.6. The van der Waals surface area contributed by atoms with Gasteiger partial charge in [0.15, 0.2) is 0 Å². The number of anilines is 1. The van der Waals surface area contributed by atoms with Crippen molar-refractivity contribution < 1.29 is 4.79 Å². The van der Waals surface area contributed by atoms with Crippen LogP contribution in [0.2, 0.25) is 0 Å². The molecule has 1 heterocycles. The van der Waals surface area contributed by atoms with Gasteiger partial charge in [-0.1, -0.05) is 13.8 Å². The van der Waals surface area contributed by atoms with Gasteiger partial charge in [0.1, 0.15) is 5.69 Å². The summed E-state index contributed by atoms with van der Waals surface area (Å²) < 4.78 is 0. The molecule has 1 amide bonds. The van der Waals surface area contributed by atoms with Crippen molar-refractivity contribution >= 4 is 22.5 Å². The third-order valence-electron chi connectivity index (χ3n) is 4.12. The topological polar surface area (TPSA) is 70.9 Å². The van der Waals surface area contributed by atoms with Crippen molar-refractivity contribution in [3.63, 3.8) is 0 Å². The van der Waals surface area contributed by atoms with Gasteiger partial charge in [0.25, 0.3) is 5.91 Å². The minimum atomic E-state index is -0.0440. The fourth-order valence-electron chi connectivity index (χ4n) is 2.51. The van der Waals surface area contributed by atoms with Crippen LogP contribution in [0.15, 0.2) is 24.3 Å². The van der Waals surface area contributed by atoms with E-state index in [4.69, 9.17) is 5.73 Å². The molecule has 1 aliphatic carbocycles. The fraction of sp³-hybridized carbons (Fsp3) is 0.400. The van der Waals surface area contributed by atoms with Crippen LogP contribution in [0.1, 0.15) is 30.8 Å². The van der Waals surface area contributed by atoms with Crippen molar-refractivity contribution in [2.45, 2.75) is 20.3 Å². The molecule has 4 nitrogen and oxygen atoms in total. The van der Waals surface area contributed by atoms with Crippen molar-refractivity contribution in [3.05, 3.63) is 30.0 Å². The molecule has 1 unspecified atom stereocenters. The summed E-state index contributed by atoms with van der Waals surface area (Å²) in [6.45, 7) is 5.22. The van der Waals surface area contributed by atoms with Gasteiger partial charge in [-0.2, -0.15) is 0 Å². The van der Waals surface area contributed by atoms with E-state index < -0.39 is 0 Å². The number of nitrogen functional groups attached to an aromatic ring is 1. The SMILES string of the molecule is CC1(C)CC1CNC(=O)c1cc2cc(N)ccc2[nH]1. The van der Waals surface area contributed by atoms with Crippen LogP contribution in [-0.2, 0) is 0 Å². The molecule has 0 spiro atoms. The number of hydrogen-bond donors (Lipinski definition) is 3. The second-order valence-corrected chi connectivity index (χ2v) is 6.13.